The number of benzene rings is 2. The second-order valence-corrected chi connectivity index (χ2v) is 8.46. The molecule has 0 aliphatic carbocycles. The van der Waals surface area contributed by atoms with E-state index in [9.17, 15) is 13.2 Å². The van der Waals surface area contributed by atoms with Crippen LogP contribution in [0.2, 0.25) is 10.0 Å². The molecule has 29 heavy (non-hydrogen) atoms. The maximum atomic E-state index is 13.0. The molecule has 0 bridgehead atoms. The van der Waals surface area contributed by atoms with Crippen molar-refractivity contribution in [2.24, 2.45) is 0 Å². The van der Waals surface area contributed by atoms with Crippen LogP contribution in [0.25, 0.3) is 0 Å². The van der Waals surface area contributed by atoms with Gasteiger partial charge in [0.2, 0.25) is 0 Å². The molecule has 0 radical (unpaired) electrons. The van der Waals surface area contributed by atoms with E-state index in [1.54, 1.807) is 24.3 Å². The maximum Gasteiger partial charge on any atom is 0.416 e. The lowest BCUT2D eigenvalue weighted by Gasteiger charge is -2.11. The highest BCUT2D eigenvalue weighted by atomic mass is 35.5. The van der Waals surface area contributed by atoms with Gasteiger partial charge in [0, 0.05) is 20.7 Å². The lowest BCUT2D eigenvalue weighted by molar-refractivity contribution is -0.137. The van der Waals surface area contributed by atoms with Gasteiger partial charge in [-0.3, -0.25) is 0 Å². The van der Waals surface area contributed by atoms with Gasteiger partial charge in [-0.2, -0.15) is 13.2 Å². The molecule has 0 atom stereocenters. The van der Waals surface area contributed by atoms with Crippen molar-refractivity contribution >= 4 is 46.7 Å². The van der Waals surface area contributed by atoms with E-state index in [4.69, 9.17) is 27.9 Å². The van der Waals surface area contributed by atoms with E-state index in [1.165, 1.54) is 31.1 Å². The molecule has 3 aromatic rings. The Morgan fingerprint density at radius 2 is 1.76 bits per heavy atom. The van der Waals surface area contributed by atoms with Crippen molar-refractivity contribution in [3.8, 4) is 5.75 Å². The second-order valence-electron chi connectivity index (χ2n) is 5.64. The first-order valence-corrected chi connectivity index (χ1v) is 10.7. The highest BCUT2D eigenvalue weighted by molar-refractivity contribution is 7.99. The van der Waals surface area contributed by atoms with Gasteiger partial charge in [-0.25, -0.2) is 9.97 Å². The quantitative estimate of drug-likeness (QED) is 0.212. The Labute approximate surface area is 184 Å². The molecule has 0 unspecified atom stereocenters. The van der Waals surface area contributed by atoms with E-state index in [0.29, 0.717) is 36.6 Å². The van der Waals surface area contributed by atoms with Gasteiger partial charge < -0.3 is 4.74 Å². The number of rotatable bonds is 6. The summed E-state index contributed by atoms with van der Waals surface area (Å²) in [4.78, 5) is 9.05. The van der Waals surface area contributed by atoms with Gasteiger partial charge in [-0.05, 0) is 35.9 Å². The number of hydrogen-bond acceptors (Lipinski definition) is 5. The molecule has 0 fully saturated rings. The molecule has 0 aliphatic rings. The number of hydrogen-bond donors (Lipinski definition) is 0. The fraction of sp³-hybridized carbons (Fsp3) is 0.158. The lowest BCUT2D eigenvalue weighted by atomic mass is 10.2. The lowest BCUT2D eigenvalue weighted by Crippen LogP contribution is -2.04. The van der Waals surface area contributed by atoms with Gasteiger partial charge in [-0.15, -0.1) is 0 Å². The number of thioether (sulfide) groups is 1. The number of ether oxygens (including phenoxy) is 1. The van der Waals surface area contributed by atoms with E-state index >= 15 is 0 Å². The Morgan fingerprint density at radius 3 is 2.41 bits per heavy atom. The van der Waals surface area contributed by atoms with Gasteiger partial charge in [0.05, 0.1) is 18.9 Å². The molecule has 3 nitrogen and oxygen atoms in total. The Kier molecular flexibility index (Phi) is 7.21. The number of halogens is 5. The van der Waals surface area contributed by atoms with Crippen molar-refractivity contribution < 1.29 is 17.9 Å². The molecular formula is C19H13Cl2F3N2OS2. The van der Waals surface area contributed by atoms with Crippen molar-refractivity contribution in [2.45, 2.75) is 27.0 Å². The molecule has 1 aromatic heterocycles. The topological polar surface area (TPSA) is 35.0 Å². The summed E-state index contributed by atoms with van der Waals surface area (Å²) in [6, 6.07) is 10.3. The van der Waals surface area contributed by atoms with E-state index in [1.807, 2.05) is 0 Å². The zero-order chi connectivity index (χ0) is 21.0. The van der Waals surface area contributed by atoms with Crippen LogP contribution < -0.4 is 4.74 Å². The van der Waals surface area contributed by atoms with Crippen LogP contribution >= 0.6 is 46.7 Å². The summed E-state index contributed by atoms with van der Waals surface area (Å²) >= 11 is 14.7. The number of methoxy groups -OCH3 is 1. The van der Waals surface area contributed by atoms with E-state index in [0.717, 1.165) is 29.5 Å². The van der Waals surface area contributed by atoms with Crippen LogP contribution in [-0.2, 0) is 11.9 Å². The van der Waals surface area contributed by atoms with E-state index in [-0.39, 0.29) is 0 Å². The third-order valence-electron chi connectivity index (χ3n) is 3.70. The molecule has 3 rings (SSSR count). The van der Waals surface area contributed by atoms with E-state index in [2.05, 4.69) is 9.97 Å². The summed E-state index contributed by atoms with van der Waals surface area (Å²) in [7, 11) is 1.45. The van der Waals surface area contributed by atoms with Crippen LogP contribution in [0.3, 0.4) is 0 Å². The Balaban J connectivity index is 1.82. The molecule has 0 aliphatic heterocycles. The summed E-state index contributed by atoms with van der Waals surface area (Å²) in [5.41, 5.74) is 0.0332. The van der Waals surface area contributed by atoms with Crippen LogP contribution in [0.4, 0.5) is 13.2 Å². The van der Waals surface area contributed by atoms with Gasteiger partial charge in [0.1, 0.15) is 5.03 Å². The second kappa shape index (κ2) is 9.47. The normalized spacial score (nSPS) is 11.5. The first-order valence-electron chi connectivity index (χ1n) is 8.09. The number of nitrogens with zero attached hydrogens (tertiary/aromatic N) is 2. The zero-order valence-corrected chi connectivity index (χ0v) is 18.0. The molecule has 0 N–H and O–H groups in total. The summed E-state index contributed by atoms with van der Waals surface area (Å²) in [6.45, 7) is 0. The minimum absolute atomic E-state index is 0.368. The third kappa shape index (κ3) is 5.72. The fourth-order valence-corrected chi connectivity index (χ4v) is 4.82. The highest BCUT2D eigenvalue weighted by Gasteiger charge is 2.30. The largest absolute Gasteiger partial charge is 0.492 e. The highest BCUT2D eigenvalue weighted by Crippen LogP contribution is 2.38. The number of aromatic nitrogens is 2. The maximum absolute atomic E-state index is 13.0. The standard InChI is InChI=1S/C19H13Cl2F3N2OS2/c1-27-16-9-25-18(28-10-13-14(20)6-3-7-15(13)21)26-17(16)29-12-5-2-4-11(8-12)19(22,23)24/h2-9H,10H2,1H3. The molecule has 0 spiro atoms. The first-order chi connectivity index (χ1) is 13.8. The summed E-state index contributed by atoms with van der Waals surface area (Å²) in [5, 5.41) is 1.92. The van der Waals surface area contributed by atoms with Crippen molar-refractivity contribution in [1.82, 2.24) is 9.97 Å². The van der Waals surface area contributed by atoms with Gasteiger partial charge in [0.25, 0.3) is 0 Å². The summed E-state index contributed by atoms with van der Waals surface area (Å²) in [6.07, 6.45) is -2.93. The molecule has 1 heterocycles. The van der Waals surface area contributed by atoms with Crippen molar-refractivity contribution in [1.29, 1.82) is 0 Å². The van der Waals surface area contributed by atoms with Crippen LogP contribution in [-0.4, -0.2) is 17.1 Å². The molecule has 10 heteroatoms. The van der Waals surface area contributed by atoms with Gasteiger partial charge in [-0.1, -0.05) is 58.9 Å². The minimum atomic E-state index is -4.42. The van der Waals surface area contributed by atoms with Crippen LogP contribution in [0.1, 0.15) is 11.1 Å². The minimum Gasteiger partial charge on any atom is -0.492 e. The molecular weight excluding hydrogens is 464 g/mol. The monoisotopic (exact) mass is 476 g/mol. The summed E-state index contributed by atoms with van der Waals surface area (Å²) < 4.78 is 44.1. The SMILES string of the molecule is COc1cnc(SCc2c(Cl)cccc2Cl)nc1Sc1cccc(C(F)(F)F)c1. The molecule has 2 aromatic carbocycles. The Morgan fingerprint density at radius 1 is 1.07 bits per heavy atom. The van der Waals surface area contributed by atoms with Crippen molar-refractivity contribution in [3.63, 3.8) is 0 Å². The summed E-state index contributed by atoms with van der Waals surface area (Å²) in [5.74, 6) is 0.811. The third-order valence-corrected chi connectivity index (χ3v) is 6.27. The van der Waals surface area contributed by atoms with Crippen LogP contribution in [0, 0.1) is 0 Å². The molecule has 0 saturated carbocycles. The Bertz CT molecular complexity index is 999. The molecule has 0 amide bonds. The predicted octanol–water partition coefficient (Wildman–Crippen LogP) is 7.25. The average Bonchev–Trinajstić information content (AvgIpc) is 2.67. The van der Waals surface area contributed by atoms with Gasteiger partial charge >= 0.3 is 6.18 Å². The Hall–Kier alpha value is -1.61. The fourth-order valence-electron chi connectivity index (χ4n) is 2.28. The van der Waals surface area contributed by atoms with Crippen LogP contribution in [0.15, 0.2) is 63.7 Å². The predicted molar refractivity (Wildman–Crippen MR) is 110 cm³/mol. The zero-order valence-electron chi connectivity index (χ0n) is 14.8. The van der Waals surface area contributed by atoms with Crippen LogP contribution in [0.5, 0.6) is 5.75 Å². The number of alkyl halides is 3. The van der Waals surface area contributed by atoms with E-state index < -0.39 is 11.7 Å². The smallest absolute Gasteiger partial charge is 0.416 e. The molecule has 152 valence electrons. The first kappa shape index (κ1) is 22.1. The van der Waals surface area contributed by atoms with Crippen molar-refractivity contribution in [3.05, 3.63) is 69.8 Å². The van der Waals surface area contributed by atoms with Gasteiger partial charge in [0.15, 0.2) is 10.9 Å². The molecule has 0 saturated heterocycles. The average molecular weight is 477 g/mol. The van der Waals surface area contributed by atoms with Crippen molar-refractivity contribution in [2.75, 3.05) is 7.11 Å².